The second-order valence-electron chi connectivity index (χ2n) is 4.89. The van der Waals surface area contributed by atoms with E-state index in [2.05, 4.69) is 15.5 Å². The van der Waals surface area contributed by atoms with Crippen molar-refractivity contribution in [3.05, 3.63) is 45.6 Å². The molecule has 2 aromatic heterocycles. The summed E-state index contributed by atoms with van der Waals surface area (Å²) in [7, 11) is 0. The molecule has 9 heteroatoms. The van der Waals surface area contributed by atoms with Crippen LogP contribution in [0.25, 0.3) is 10.7 Å². The zero-order valence-electron chi connectivity index (χ0n) is 12.3. The average molecular weight is 383 g/mol. The Hall–Kier alpha value is -2.09. The van der Waals surface area contributed by atoms with Crippen LogP contribution in [0, 0.1) is 0 Å². The van der Waals surface area contributed by atoms with E-state index in [4.69, 9.17) is 33.5 Å². The monoisotopic (exact) mass is 382 g/mol. The summed E-state index contributed by atoms with van der Waals surface area (Å²) in [5.41, 5.74) is 6.42. The molecule has 3 N–H and O–H groups in total. The maximum absolute atomic E-state index is 12.0. The van der Waals surface area contributed by atoms with Gasteiger partial charge in [0, 0.05) is 18.5 Å². The van der Waals surface area contributed by atoms with Crippen molar-refractivity contribution in [2.24, 2.45) is 0 Å². The van der Waals surface area contributed by atoms with E-state index < -0.39 is 0 Å². The average Bonchev–Trinajstić information content (AvgIpc) is 3.21. The smallest absolute Gasteiger partial charge is 0.227 e. The number of nitrogens with two attached hydrogens (primary N) is 1. The molecule has 1 aromatic carbocycles. The third-order valence-corrected chi connectivity index (χ3v) is 4.63. The van der Waals surface area contributed by atoms with E-state index in [1.807, 2.05) is 17.5 Å². The Labute approximate surface area is 151 Å². The Kier molecular flexibility index (Phi) is 5.03. The number of amides is 1. The summed E-state index contributed by atoms with van der Waals surface area (Å²) in [6.07, 6.45) is 0.520. The number of anilines is 2. The maximum atomic E-state index is 12.0. The SMILES string of the molecule is Nc1c(Cl)cc(NC(=O)CCc2nc(-c3cccs3)no2)cc1Cl. The molecule has 0 aliphatic carbocycles. The lowest BCUT2D eigenvalue weighted by atomic mass is 10.2. The molecule has 0 saturated heterocycles. The minimum absolute atomic E-state index is 0.186. The predicted octanol–water partition coefficient (Wildman–Crippen LogP) is 4.26. The molecule has 0 unspecified atom stereocenters. The third kappa shape index (κ3) is 3.87. The van der Waals surface area contributed by atoms with Crippen LogP contribution in [0.5, 0.6) is 0 Å². The summed E-state index contributed by atoms with van der Waals surface area (Å²) >= 11 is 13.4. The number of aromatic nitrogens is 2. The number of carbonyl (C=O) groups excluding carboxylic acids is 1. The van der Waals surface area contributed by atoms with Crippen molar-refractivity contribution >= 4 is 51.8 Å². The normalized spacial score (nSPS) is 10.8. The molecule has 0 saturated carbocycles. The fraction of sp³-hybridized carbons (Fsp3) is 0.133. The van der Waals surface area contributed by atoms with Crippen molar-refractivity contribution in [2.75, 3.05) is 11.1 Å². The Balaban J connectivity index is 1.58. The van der Waals surface area contributed by atoms with Crippen LogP contribution < -0.4 is 11.1 Å². The van der Waals surface area contributed by atoms with Crippen LogP contribution in [0.15, 0.2) is 34.2 Å². The number of nitrogen functional groups attached to an aromatic ring is 1. The summed E-state index contributed by atoms with van der Waals surface area (Å²) in [4.78, 5) is 17.2. The van der Waals surface area contributed by atoms with Gasteiger partial charge in [0.15, 0.2) is 0 Å². The van der Waals surface area contributed by atoms with E-state index in [1.54, 1.807) is 12.1 Å². The lowest BCUT2D eigenvalue weighted by molar-refractivity contribution is -0.116. The molecule has 0 fully saturated rings. The topological polar surface area (TPSA) is 94.0 Å². The number of nitrogens with zero attached hydrogens (tertiary/aromatic N) is 2. The van der Waals surface area contributed by atoms with Gasteiger partial charge in [-0.05, 0) is 23.6 Å². The van der Waals surface area contributed by atoms with Crippen LogP contribution in [0.3, 0.4) is 0 Å². The highest BCUT2D eigenvalue weighted by Crippen LogP contribution is 2.31. The van der Waals surface area contributed by atoms with Crippen LogP contribution >= 0.6 is 34.5 Å². The highest BCUT2D eigenvalue weighted by atomic mass is 35.5. The quantitative estimate of drug-likeness (QED) is 0.642. The van der Waals surface area contributed by atoms with Crippen molar-refractivity contribution in [3.63, 3.8) is 0 Å². The zero-order chi connectivity index (χ0) is 17.1. The molecule has 3 rings (SSSR count). The van der Waals surface area contributed by atoms with Gasteiger partial charge >= 0.3 is 0 Å². The molecule has 24 heavy (non-hydrogen) atoms. The molecule has 0 aliphatic rings. The first-order chi connectivity index (χ1) is 11.5. The van der Waals surface area contributed by atoms with Crippen LogP contribution in [0.4, 0.5) is 11.4 Å². The molecule has 0 spiro atoms. The molecule has 1 amide bonds. The molecular weight excluding hydrogens is 371 g/mol. The van der Waals surface area contributed by atoms with Gasteiger partial charge in [-0.25, -0.2) is 0 Å². The third-order valence-electron chi connectivity index (χ3n) is 3.14. The van der Waals surface area contributed by atoms with Gasteiger partial charge in [-0.15, -0.1) is 11.3 Å². The standard InChI is InChI=1S/C15H12Cl2N4O2S/c16-9-6-8(7-10(17)14(9)18)19-12(22)3-4-13-20-15(21-23-13)11-2-1-5-24-11/h1-2,5-7H,3-4,18H2,(H,19,22). The van der Waals surface area contributed by atoms with Gasteiger partial charge in [-0.1, -0.05) is 34.4 Å². The molecule has 0 radical (unpaired) electrons. The van der Waals surface area contributed by atoms with E-state index in [0.29, 0.717) is 23.8 Å². The van der Waals surface area contributed by atoms with Gasteiger partial charge in [0.1, 0.15) is 0 Å². The van der Waals surface area contributed by atoms with Crippen molar-refractivity contribution in [1.29, 1.82) is 0 Å². The Morgan fingerprint density at radius 1 is 1.33 bits per heavy atom. The number of halogens is 2. The van der Waals surface area contributed by atoms with Gasteiger partial charge in [-0.3, -0.25) is 4.79 Å². The van der Waals surface area contributed by atoms with Crippen LogP contribution in [0.1, 0.15) is 12.3 Å². The van der Waals surface area contributed by atoms with Gasteiger partial charge < -0.3 is 15.6 Å². The molecule has 124 valence electrons. The second-order valence-corrected chi connectivity index (χ2v) is 6.65. The zero-order valence-corrected chi connectivity index (χ0v) is 14.6. The minimum atomic E-state index is -0.220. The Morgan fingerprint density at radius 2 is 2.08 bits per heavy atom. The number of aryl methyl sites for hydroxylation is 1. The van der Waals surface area contributed by atoms with Gasteiger partial charge in [0.2, 0.25) is 17.6 Å². The number of carbonyl (C=O) groups is 1. The van der Waals surface area contributed by atoms with Crippen molar-refractivity contribution in [3.8, 4) is 10.7 Å². The van der Waals surface area contributed by atoms with E-state index in [9.17, 15) is 4.79 Å². The molecular formula is C15H12Cl2N4O2S. The molecule has 0 bridgehead atoms. The first-order valence-electron chi connectivity index (χ1n) is 6.94. The number of hydrogen-bond acceptors (Lipinski definition) is 6. The number of hydrogen-bond donors (Lipinski definition) is 2. The number of thiophene rings is 1. The van der Waals surface area contributed by atoms with Crippen molar-refractivity contribution in [2.45, 2.75) is 12.8 Å². The fourth-order valence-corrected chi connectivity index (χ4v) is 3.10. The lowest BCUT2D eigenvalue weighted by Crippen LogP contribution is -2.12. The Morgan fingerprint density at radius 3 is 2.75 bits per heavy atom. The molecule has 6 nitrogen and oxygen atoms in total. The minimum Gasteiger partial charge on any atom is -0.396 e. The highest BCUT2D eigenvalue weighted by molar-refractivity contribution is 7.13. The van der Waals surface area contributed by atoms with Gasteiger partial charge in [0.25, 0.3) is 0 Å². The summed E-state index contributed by atoms with van der Waals surface area (Å²) in [5, 5.41) is 9.11. The number of benzene rings is 1. The molecule has 3 aromatic rings. The highest BCUT2D eigenvalue weighted by Gasteiger charge is 2.12. The van der Waals surface area contributed by atoms with E-state index in [-0.39, 0.29) is 28.1 Å². The predicted molar refractivity (Wildman–Crippen MR) is 95.4 cm³/mol. The van der Waals surface area contributed by atoms with E-state index in [1.165, 1.54) is 11.3 Å². The van der Waals surface area contributed by atoms with E-state index in [0.717, 1.165) is 4.88 Å². The van der Waals surface area contributed by atoms with Gasteiger partial charge in [-0.2, -0.15) is 4.98 Å². The molecule has 0 atom stereocenters. The van der Waals surface area contributed by atoms with Crippen LogP contribution in [-0.4, -0.2) is 16.0 Å². The van der Waals surface area contributed by atoms with Crippen LogP contribution in [-0.2, 0) is 11.2 Å². The number of rotatable bonds is 5. The first-order valence-corrected chi connectivity index (χ1v) is 8.57. The summed E-state index contributed by atoms with van der Waals surface area (Å²) in [6.45, 7) is 0. The van der Waals surface area contributed by atoms with Crippen molar-refractivity contribution in [1.82, 2.24) is 10.1 Å². The first kappa shape index (κ1) is 16.8. The largest absolute Gasteiger partial charge is 0.396 e. The number of nitrogens with one attached hydrogen (secondary N) is 1. The molecule has 0 aliphatic heterocycles. The maximum Gasteiger partial charge on any atom is 0.227 e. The second kappa shape index (κ2) is 7.21. The summed E-state index contributed by atoms with van der Waals surface area (Å²) < 4.78 is 5.15. The molecule has 2 heterocycles. The lowest BCUT2D eigenvalue weighted by Gasteiger charge is -2.07. The summed E-state index contributed by atoms with van der Waals surface area (Å²) in [5.74, 6) is 0.710. The van der Waals surface area contributed by atoms with E-state index >= 15 is 0 Å². The van der Waals surface area contributed by atoms with Crippen LogP contribution in [0.2, 0.25) is 10.0 Å². The fourth-order valence-electron chi connectivity index (χ4n) is 1.96. The summed E-state index contributed by atoms with van der Waals surface area (Å²) in [6, 6.07) is 6.90. The van der Waals surface area contributed by atoms with Gasteiger partial charge in [0.05, 0.1) is 20.6 Å². The Bertz CT molecular complexity index is 841. The van der Waals surface area contributed by atoms with Crippen molar-refractivity contribution < 1.29 is 9.32 Å².